The van der Waals surface area contributed by atoms with E-state index in [2.05, 4.69) is 8.37 Å². The minimum Gasteiger partial charge on any atom is -0.394 e. The van der Waals surface area contributed by atoms with E-state index >= 15 is 0 Å². The SMILES string of the molecule is O=S(OCCO)OCCO. The van der Waals surface area contributed by atoms with Crippen molar-refractivity contribution in [3.63, 3.8) is 0 Å². The van der Waals surface area contributed by atoms with Crippen molar-refractivity contribution in [2.24, 2.45) is 0 Å². The standard InChI is InChI=1S/C4H10O5S/c5-1-3-8-10(7)9-4-2-6/h5-6H,1-4H2. The lowest BCUT2D eigenvalue weighted by molar-refractivity contribution is 0.166. The van der Waals surface area contributed by atoms with E-state index in [-0.39, 0.29) is 26.4 Å². The fourth-order valence-corrected chi connectivity index (χ4v) is 0.734. The summed E-state index contributed by atoms with van der Waals surface area (Å²) in [6, 6.07) is 0. The largest absolute Gasteiger partial charge is 0.394 e. The first-order valence-corrected chi connectivity index (χ1v) is 3.71. The van der Waals surface area contributed by atoms with Crippen molar-refractivity contribution in [3.05, 3.63) is 0 Å². The Morgan fingerprint density at radius 3 is 1.80 bits per heavy atom. The first-order chi connectivity index (χ1) is 4.81. The Morgan fingerprint density at radius 1 is 1.10 bits per heavy atom. The van der Waals surface area contributed by atoms with Gasteiger partial charge >= 0.3 is 11.4 Å². The Morgan fingerprint density at radius 2 is 1.50 bits per heavy atom. The second-order valence-electron chi connectivity index (χ2n) is 1.30. The first-order valence-electron chi connectivity index (χ1n) is 2.71. The zero-order valence-corrected chi connectivity index (χ0v) is 6.17. The molecular weight excluding hydrogens is 160 g/mol. The van der Waals surface area contributed by atoms with Gasteiger partial charge in [0.2, 0.25) is 0 Å². The summed E-state index contributed by atoms with van der Waals surface area (Å²) in [6.07, 6.45) is 0. The fourth-order valence-electron chi connectivity index (χ4n) is 0.245. The Bertz CT molecular complexity index is 85.6. The molecule has 0 aromatic carbocycles. The van der Waals surface area contributed by atoms with E-state index in [1.54, 1.807) is 0 Å². The average molecular weight is 170 g/mol. The molecule has 0 saturated heterocycles. The lowest BCUT2D eigenvalue weighted by Gasteiger charge is -1.99. The maximum Gasteiger partial charge on any atom is 0.304 e. The van der Waals surface area contributed by atoms with E-state index < -0.39 is 11.4 Å². The molecule has 0 aliphatic rings. The normalized spacial score (nSPS) is 10.7. The average Bonchev–Trinajstić information content (AvgIpc) is 1.97. The molecule has 0 fully saturated rings. The first kappa shape index (κ1) is 9.99. The summed E-state index contributed by atoms with van der Waals surface area (Å²) in [6.45, 7) is -0.460. The van der Waals surface area contributed by atoms with E-state index in [1.165, 1.54) is 0 Å². The molecule has 10 heavy (non-hydrogen) atoms. The van der Waals surface area contributed by atoms with Gasteiger partial charge in [-0.2, -0.15) is 4.21 Å². The second-order valence-corrected chi connectivity index (χ2v) is 2.17. The fraction of sp³-hybridized carbons (Fsp3) is 1.00. The molecule has 0 aliphatic carbocycles. The predicted octanol–water partition coefficient (Wildman–Crippen LogP) is -1.42. The molecular formula is C4H10O5S. The van der Waals surface area contributed by atoms with Crippen LogP contribution in [0.2, 0.25) is 0 Å². The molecule has 0 unspecified atom stereocenters. The molecule has 0 rings (SSSR count). The second kappa shape index (κ2) is 7.10. The third-order valence-corrected chi connectivity index (χ3v) is 1.26. The number of aliphatic hydroxyl groups excluding tert-OH is 2. The Balaban J connectivity index is 3.09. The zero-order valence-electron chi connectivity index (χ0n) is 5.36. The number of aliphatic hydroxyl groups is 2. The third-order valence-electron chi connectivity index (χ3n) is 0.542. The molecule has 0 aliphatic heterocycles. The lowest BCUT2D eigenvalue weighted by atomic mass is 10.8. The van der Waals surface area contributed by atoms with Crippen LogP contribution in [0.5, 0.6) is 0 Å². The van der Waals surface area contributed by atoms with Gasteiger partial charge in [-0.25, -0.2) is 0 Å². The highest BCUT2D eigenvalue weighted by Crippen LogP contribution is 1.86. The van der Waals surface area contributed by atoms with Gasteiger partial charge in [-0.05, 0) is 0 Å². The maximum atomic E-state index is 10.4. The van der Waals surface area contributed by atoms with Gasteiger partial charge in [-0.3, -0.25) is 8.37 Å². The van der Waals surface area contributed by atoms with Crippen molar-refractivity contribution in [1.29, 1.82) is 0 Å². The molecule has 6 heteroatoms. The van der Waals surface area contributed by atoms with Gasteiger partial charge in [-0.1, -0.05) is 0 Å². The molecule has 2 N–H and O–H groups in total. The highest BCUT2D eigenvalue weighted by molar-refractivity contribution is 7.75. The van der Waals surface area contributed by atoms with Gasteiger partial charge in [0.05, 0.1) is 26.4 Å². The van der Waals surface area contributed by atoms with Crippen molar-refractivity contribution >= 4 is 11.4 Å². The van der Waals surface area contributed by atoms with Crippen molar-refractivity contribution in [2.75, 3.05) is 26.4 Å². The summed E-state index contributed by atoms with van der Waals surface area (Å²) < 4.78 is 19.2. The Kier molecular flexibility index (Phi) is 7.09. The molecule has 0 atom stereocenters. The van der Waals surface area contributed by atoms with Crippen LogP contribution >= 0.6 is 0 Å². The Labute approximate surface area is 61.4 Å². The number of hydrogen-bond donors (Lipinski definition) is 2. The van der Waals surface area contributed by atoms with Crippen molar-refractivity contribution in [3.8, 4) is 0 Å². The van der Waals surface area contributed by atoms with Crippen LogP contribution < -0.4 is 0 Å². The van der Waals surface area contributed by atoms with Gasteiger partial charge in [-0.15, -0.1) is 0 Å². The monoisotopic (exact) mass is 170 g/mol. The highest BCUT2D eigenvalue weighted by Gasteiger charge is 1.97. The van der Waals surface area contributed by atoms with E-state index in [1.807, 2.05) is 0 Å². The quantitative estimate of drug-likeness (QED) is 0.512. The minimum absolute atomic E-state index is 0.0297. The van der Waals surface area contributed by atoms with Gasteiger partial charge in [0.1, 0.15) is 0 Å². The van der Waals surface area contributed by atoms with Gasteiger partial charge in [0.15, 0.2) is 0 Å². The molecule has 0 spiro atoms. The van der Waals surface area contributed by atoms with E-state index in [4.69, 9.17) is 10.2 Å². The van der Waals surface area contributed by atoms with E-state index in [9.17, 15) is 4.21 Å². The van der Waals surface area contributed by atoms with Crippen LogP contribution in [0, 0.1) is 0 Å². The molecule has 5 nitrogen and oxygen atoms in total. The lowest BCUT2D eigenvalue weighted by Crippen LogP contribution is -2.08. The number of rotatable bonds is 6. The molecule has 0 amide bonds. The van der Waals surface area contributed by atoms with Crippen LogP contribution in [-0.4, -0.2) is 40.8 Å². The smallest absolute Gasteiger partial charge is 0.304 e. The van der Waals surface area contributed by atoms with Gasteiger partial charge in [0, 0.05) is 0 Å². The molecule has 0 saturated carbocycles. The number of hydrogen-bond acceptors (Lipinski definition) is 5. The highest BCUT2D eigenvalue weighted by atomic mass is 32.2. The van der Waals surface area contributed by atoms with Crippen LogP contribution in [0.25, 0.3) is 0 Å². The molecule has 0 radical (unpaired) electrons. The van der Waals surface area contributed by atoms with Crippen LogP contribution in [0.3, 0.4) is 0 Å². The molecule has 0 heterocycles. The van der Waals surface area contributed by atoms with Gasteiger partial charge < -0.3 is 10.2 Å². The molecule has 62 valence electrons. The van der Waals surface area contributed by atoms with Crippen molar-refractivity contribution in [1.82, 2.24) is 0 Å². The summed E-state index contributed by atoms with van der Waals surface area (Å²) in [7, 11) is 0. The predicted molar refractivity (Wildman–Crippen MR) is 34.2 cm³/mol. The van der Waals surface area contributed by atoms with Crippen LogP contribution in [0.15, 0.2) is 0 Å². The van der Waals surface area contributed by atoms with Crippen molar-refractivity contribution in [2.45, 2.75) is 0 Å². The van der Waals surface area contributed by atoms with Crippen molar-refractivity contribution < 1.29 is 22.8 Å². The summed E-state index contributed by atoms with van der Waals surface area (Å²) in [5.41, 5.74) is 0. The summed E-state index contributed by atoms with van der Waals surface area (Å²) in [5.74, 6) is 0. The minimum atomic E-state index is -1.84. The van der Waals surface area contributed by atoms with Crippen LogP contribution in [0.1, 0.15) is 0 Å². The van der Waals surface area contributed by atoms with E-state index in [0.29, 0.717) is 0 Å². The van der Waals surface area contributed by atoms with Crippen LogP contribution in [-0.2, 0) is 19.7 Å². The molecule has 0 aromatic heterocycles. The molecule has 0 bridgehead atoms. The van der Waals surface area contributed by atoms with Gasteiger partial charge in [0.25, 0.3) is 0 Å². The third kappa shape index (κ3) is 6.12. The summed E-state index contributed by atoms with van der Waals surface area (Å²) >= 11 is -1.84. The zero-order chi connectivity index (χ0) is 7.82. The topological polar surface area (TPSA) is 76.0 Å². The Hall–Kier alpha value is -0.0100. The summed E-state index contributed by atoms with van der Waals surface area (Å²) in [5, 5.41) is 16.4. The van der Waals surface area contributed by atoms with Crippen LogP contribution in [0.4, 0.5) is 0 Å². The summed E-state index contributed by atoms with van der Waals surface area (Å²) in [4.78, 5) is 0. The maximum absolute atomic E-state index is 10.4. The van der Waals surface area contributed by atoms with E-state index in [0.717, 1.165) is 0 Å². The molecule has 0 aromatic rings.